The van der Waals surface area contributed by atoms with Crippen LogP contribution < -0.4 is 0 Å². The van der Waals surface area contributed by atoms with Gasteiger partial charge in [-0.1, -0.05) is 0 Å². The van der Waals surface area contributed by atoms with E-state index in [1.807, 2.05) is 0 Å². The topological polar surface area (TPSA) is 0 Å². The van der Waals surface area contributed by atoms with E-state index in [-0.39, 0.29) is 0 Å². The fourth-order valence-corrected chi connectivity index (χ4v) is 114. The summed E-state index contributed by atoms with van der Waals surface area (Å²) in [6.07, 6.45) is 0. The number of fused-ring (bicyclic) bond motifs is 10. The van der Waals surface area contributed by atoms with Crippen LogP contribution in [0.2, 0.25) is 46.2 Å². The second kappa shape index (κ2) is 1.05. The van der Waals surface area contributed by atoms with E-state index in [1.165, 1.54) is 28.9 Å². The van der Waals surface area contributed by atoms with E-state index in [0.29, 0.717) is 0 Å². The van der Waals surface area contributed by atoms with E-state index in [1.54, 1.807) is 0 Å². The van der Waals surface area contributed by atoms with Crippen molar-refractivity contribution in [3.63, 3.8) is 0 Å². The summed E-state index contributed by atoms with van der Waals surface area (Å²) in [4.78, 5) is 8.46. The second-order valence-electron chi connectivity index (χ2n) is 14.7. The predicted molar refractivity (Wildman–Crippen MR) is 92.6 cm³/mol. The Kier molecular flexibility index (Phi) is 0.516. The molecule has 0 aromatic heterocycles. The zero-order valence-electron chi connectivity index (χ0n) is 16.1. The molecule has 0 N–H and O–H groups in total. The Bertz CT molecular complexity index is 1100. The number of rotatable bonds is 4. The van der Waals surface area contributed by atoms with Gasteiger partial charge in [-0.3, -0.25) is 0 Å². The first-order valence-electron chi connectivity index (χ1n) is 10.7. The van der Waals surface area contributed by atoms with Crippen molar-refractivity contribution in [1.29, 1.82) is 0 Å². The third-order valence-corrected chi connectivity index (χ3v) is 64.9. The summed E-state index contributed by atoms with van der Waals surface area (Å²) in [5.41, 5.74) is 0. The quantitative estimate of drug-likeness (QED) is 0.459. The van der Waals surface area contributed by atoms with Crippen LogP contribution in [0.1, 0.15) is 55.4 Å². The minimum atomic E-state index is -3.51. The predicted octanol–water partition coefficient (Wildman–Crippen LogP) is 7.48. The number of hydrogen-bond donors (Lipinski definition) is 0. The minimum absolute atomic E-state index is 0.973. The molecule has 0 nitrogen and oxygen atoms in total. The third-order valence-electron chi connectivity index (χ3n) is 18.9. The summed E-state index contributed by atoms with van der Waals surface area (Å²) in [5, 5.41) is 0. The molecule has 1 spiro atoms. The molecule has 4 unspecified atom stereocenters. The molecule has 0 aliphatic carbocycles. The zero-order valence-corrected chi connectivity index (χ0v) is 17.2. The summed E-state index contributed by atoms with van der Waals surface area (Å²) in [5.74, 6) is 4.09. The number of hydrogen-bond acceptors (Lipinski definition) is 0. The van der Waals surface area contributed by atoms with Gasteiger partial charge in [-0.05, 0) is 0 Å². The van der Waals surface area contributed by atoms with Crippen molar-refractivity contribution in [2.75, 3.05) is 0 Å². The molecule has 10 heterocycles. The van der Waals surface area contributed by atoms with Gasteiger partial charge in [-0.25, -0.2) is 0 Å². The maximum atomic E-state index is 2.71. The molecule has 130 valence electrons. The molecule has 0 amide bonds. The van der Waals surface area contributed by atoms with Gasteiger partial charge in [0, 0.05) is 0 Å². The molecule has 10 fully saturated rings. The van der Waals surface area contributed by atoms with Crippen LogP contribution in [0, 0.1) is 23.7 Å². The molecular formula is C22H34Fe. The fourth-order valence-electron chi connectivity index (χ4n) is 25.0. The van der Waals surface area contributed by atoms with Crippen LogP contribution in [0.15, 0.2) is 0 Å². The van der Waals surface area contributed by atoms with Crippen molar-refractivity contribution in [2.24, 2.45) is 23.7 Å². The van der Waals surface area contributed by atoms with E-state index in [9.17, 15) is 0 Å². The van der Waals surface area contributed by atoms with Crippen molar-refractivity contribution in [3.05, 3.63) is 0 Å². The molecule has 0 radical (unpaired) electrons. The van der Waals surface area contributed by atoms with E-state index < -0.39 is 6.51 Å². The molecule has 0 aromatic carbocycles. The molecule has 10 saturated heterocycles. The molecule has 10 aliphatic rings. The van der Waals surface area contributed by atoms with Crippen LogP contribution >= 0.6 is 0 Å². The Hall–Kier alpha value is 0.519. The summed E-state index contributed by atoms with van der Waals surface area (Å²) >= 11 is 0. The molecule has 10 aliphatic heterocycles. The van der Waals surface area contributed by atoms with Crippen LogP contribution in [0.3, 0.4) is 0 Å². The molecule has 4 atom stereocenters. The zero-order chi connectivity index (χ0) is 16.1. The molecule has 0 aromatic rings. The molecule has 23 heavy (non-hydrogen) atoms. The normalized spacial score (nSPS) is 102. The van der Waals surface area contributed by atoms with Gasteiger partial charge in [0.15, 0.2) is 0 Å². The summed E-state index contributed by atoms with van der Waals surface area (Å²) in [6, 6.07) is 0. The average molecular weight is 354 g/mol. The first-order chi connectivity index (χ1) is 10.5. The first kappa shape index (κ1) is 11.3. The van der Waals surface area contributed by atoms with Crippen LogP contribution in [-0.2, 0) is 6.51 Å². The Morgan fingerprint density at radius 3 is 1.00 bits per heavy atom. The molecular weight excluding hydrogens is 320 g/mol. The first-order valence-corrected chi connectivity index (χ1v) is 16.7. The van der Waals surface area contributed by atoms with Gasteiger partial charge in [0.2, 0.25) is 0 Å². The molecule has 1 heteroatoms. The van der Waals surface area contributed by atoms with Gasteiger partial charge < -0.3 is 0 Å². The van der Waals surface area contributed by atoms with Crippen LogP contribution in [0.4, 0.5) is 0 Å². The van der Waals surface area contributed by atoms with Gasteiger partial charge >= 0.3 is 132 Å². The SMILES string of the molecule is CC(C)[C]12[CH]3[C]4(C(C)C)[C]5(C(C)C)[C]1(C(C)C)[Fe]32451678[CH]2[CH]1[CH]6[CH]7[CH]28. The van der Waals surface area contributed by atoms with Gasteiger partial charge in [0.1, 0.15) is 0 Å². The molecule has 0 bridgehead atoms. The average Bonchev–Trinajstić information content (AvgIpc) is 3.38. The third kappa shape index (κ3) is 0.121. The molecule has 10 rings (SSSR count). The van der Waals surface area contributed by atoms with Crippen molar-refractivity contribution in [1.82, 2.24) is 0 Å². The van der Waals surface area contributed by atoms with Crippen molar-refractivity contribution in [2.45, 2.75) is 102 Å². The Balaban J connectivity index is 1.62. The van der Waals surface area contributed by atoms with Gasteiger partial charge in [0.05, 0.1) is 0 Å². The van der Waals surface area contributed by atoms with Crippen molar-refractivity contribution >= 4 is 0 Å². The van der Waals surface area contributed by atoms with Gasteiger partial charge in [0.25, 0.3) is 0 Å². The molecule has 0 saturated carbocycles. The fraction of sp³-hybridized carbons (Fsp3) is 1.00. The summed E-state index contributed by atoms with van der Waals surface area (Å²) < 4.78 is 3.95. The van der Waals surface area contributed by atoms with Gasteiger partial charge in [-0.15, -0.1) is 0 Å². The maximum absolute atomic E-state index is 3.51. The Labute approximate surface area is 131 Å². The van der Waals surface area contributed by atoms with Crippen LogP contribution in [-0.4, -0.2) is 0 Å². The summed E-state index contributed by atoms with van der Waals surface area (Å²) in [6.45, 7) is 18.1. The monoisotopic (exact) mass is 354 g/mol. The van der Waals surface area contributed by atoms with Crippen LogP contribution in [0.5, 0.6) is 0 Å². The van der Waals surface area contributed by atoms with E-state index >= 15 is 0 Å². The van der Waals surface area contributed by atoms with E-state index in [2.05, 4.69) is 55.4 Å². The van der Waals surface area contributed by atoms with Crippen molar-refractivity contribution in [3.8, 4) is 0 Å². The van der Waals surface area contributed by atoms with E-state index in [4.69, 9.17) is 0 Å². The van der Waals surface area contributed by atoms with Gasteiger partial charge in [-0.2, -0.15) is 0 Å². The Morgan fingerprint density at radius 2 is 0.826 bits per heavy atom. The van der Waals surface area contributed by atoms with E-state index in [0.717, 1.165) is 40.9 Å². The standard InChI is InChI=1S/C17H29.C5H5.Fe/c1-10(2)14-9-15(11(3)4)17(13(7)8)16(14)12(5)6;1-2-4-5-3-1;/h9-13H,1-8H3;1-5H;. The Morgan fingerprint density at radius 1 is 0.522 bits per heavy atom. The van der Waals surface area contributed by atoms with Crippen molar-refractivity contribution < 1.29 is 6.51 Å². The second-order valence-corrected chi connectivity index (χ2v) is 37.5. The summed E-state index contributed by atoms with van der Waals surface area (Å²) in [7, 11) is 0. The van der Waals surface area contributed by atoms with Crippen LogP contribution in [0.25, 0.3) is 0 Å².